The van der Waals surface area contributed by atoms with Gasteiger partial charge in [-0.2, -0.15) is 0 Å². The van der Waals surface area contributed by atoms with Crippen LogP contribution < -0.4 is 16.4 Å². The number of carbonyl (C=O) groups excluding carboxylic acids is 1. The summed E-state index contributed by atoms with van der Waals surface area (Å²) in [6.07, 6.45) is 3.21. The van der Waals surface area contributed by atoms with Crippen LogP contribution in [0.5, 0.6) is 0 Å². The van der Waals surface area contributed by atoms with Crippen LogP contribution in [0.4, 0.5) is 5.95 Å². The fourth-order valence-electron chi connectivity index (χ4n) is 3.28. The maximum atomic E-state index is 12.6. The summed E-state index contributed by atoms with van der Waals surface area (Å²) in [5.74, 6) is -0.0499. The standard InChI is InChI=1S/C23H20N4O2/c1-2-27-22(29)19-12-5-6-13-20(19)24-23(27)26-25-21(28)15-14-17-10-7-9-16-8-3-4-11-18(16)17/h3-15H,2H2,1H3,(H,24,26)(H,25,28)/b15-14+. The Morgan fingerprint density at radius 3 is 2.55 bits per heavy atom. The zero-order valence-corrected chi connectivity index (χ0v) is 15.9. The molecule has 0 bridgehead atoms. The number of amides is 1. The average Bonchev–Trinajstić information content (AvgIpc) is 2.76. The van der Waals surface area contributed by atoms with E-state index in [4.69, 9.17) is 0 Å². The van der Waals surface area contributed by atoms with Gasteiger partial charge in [-0.05, 0) is 41.5 Å². The van der Waals surface area contributed by atoms with Crippen LogP contribution >= 0.6 is 0 Å². The highest BCUT2D eigenvalue weighted by Gasteiger charge is 2.09. The molecule has 0 radical (unpaired) electrons. The summed E-state index contributed by atoms with van der Waals surface area (Å²) in [6, 6.07) is 21.1. The summed E-state index contributed by atoms with van der Waals surface area (Å²) >= 11 is 0. The fraction of sp³-hybridized carbons (Fsp3) is 0.0870. The number of hydrogen-bond donors (Lipinski definition) is 2. The molecule has 0 atom stereocenters. The molecule has 29 heavy (non-hydrogen) atoms. The number of hydrogen-bond acceptors (Lipinski definition) is 4. The highest BCUT2D eigenvalue weighted by atomic mass is 16.2. The molecule has 0 aliphatic heterocycles. The Bertz CT molecular complexity index is 1290. The van der Waals surface area contributed by atoms with Gasteiger partial charge in [0.2, 0.25) is 5.95 Å². The van der Waals surface area contributed by atoms with Crippen molar-refractivity contribution in [1.29, 1.82) is 0 Å². The molecular weight excluding hydrogens is 364 g/mol. The smallest absolute Gasteiger partial charge is 0.262 e. The Kier molecular flexibility index (Phi) is 5.07. The molecule has 3 aromatic carbocycles. The number of hydrazine groups is 1. The van der Waals surface area contributed by atoms with Crippen LogP contribution in [0.1, 0.15) is 12.5 Å². The van der Waals surface area contributed by atoms with Crippen molar-refractivity contribution in [3.8, 4) is 0 Å². The van der Waals surface area contributed by atoms with Gasteiger partial charge in [-0.15, -0.1) is 0 Å². The predicted octanol–water partition coefficient (Wildman–Crippen LogP) is 3.73. The number of fused-ring (bicyclic) bond motifs is 2. The van der Waals surface area contributed by atoms with Crippen LogP contribution in [0.3, 0.4) is 0 Å². The third-order valence-corrected chi connectivity index (χ3v) is 4.71. The third kappa shape index (κ3) is 3.73. The van der Waals surface area contributed by atoms with Gasteiger partial charge >= 0.3 is 0 Å². The van der Waals surface area contributed by atoms with Crippen LogP contribution in [-0.4, -0.2) is 15.5 Å². The molecule has 2 N–H and O–H groups in total. The van der Waals surface area contributed by atoms with Gasteiger partial charge in [0.1, 0.15) is 0 Å². The van der Waals surface area contributed by atoms with E-state index in [0.717, 1.165) is 16.3 Å². The molecule has 0 aliphatic carbocycles. The highest BCUT2D eigenvalue weighted by Crippen LogP contribution is 2.19. The second-order valence-corrected chi connectivity index (χ2v) is 6.52. The van der Waals surface area contributed by atoms with Crippen molar-refractivity contribution in [2.45, 2.75) is 13.5 Å². The van der Waals surface area contributed by atoms with Gasteiger partial charge in [0, 0.05) is 12.6 Å². The minimum atomic E-state index is -0.344. The number of anilines is 1. The minimum absolute atomic E-state index is 0.152. The Balaban J connectivity index is 1.54. The molecule has 0 fully saturated rings. The van der Waals surface area contributed by atoms with Gasteiger partial charge < -0.3 is 0 Å². The summed E-state index contributed by atoms with van der Waals surface area (Å²) in [5.41, 5.74) is 6.73. The quantitative estimate of drug-likeness (QED) is 0.406. The number of aromatic nitrogens is 2. The molecule has 1 heterocycles. The third-order valence-electron chi connectivity index (χ3n) is 4.71. The lowest BCUT2D eigenvalue weighted by Gasteiger charge is -2.13. The van der Waals surface area contributed by atoms with E-state index in [1.165, 1.54) is 10.6 Å². The van der Waals surface area contributed by atoms with E-state index in [0.29, 0.717) is 23.4 Å². The van der Waals surface area contributed by atoms with E-state index in [2.05, 4.69) is 15.8 Å². The number of benzene rings is 3. The van der Waals surface area contributed by atoms with Crippen molar-refractivity contribution in [1.82, 2.24) is 15.0 Å². The topological polar surface area (TPSA) is 76.0 Å². The van der Waals surface area contributed by atoms with Crippen molar-refractivity contribution < 1.29 is 4.79 Å². The molecule has 0 spiro atoms. The molecule has 0 saturated carbocycles. The Morgan fingerprint density at radius 1 is 1.00 bits per heavy atom. The largest absolute Gasteiger partial charge is 0.277 e. The van der Waals surface area contributed by atoms with Crippen molar-refractivity contribution in [3.05, 3.63) is 88.7 Å². The molecule has 6 heteroatoms. The summed E-state index contributed by atoms with van der Waals surface area (Å²) in [4.78, 5) is 29.4. The number of nitrogens with zero attached hydrogens (tertiary/aromatic N) is 2. The molecule has 0 unspecified atom stereocenters. The normalized spacial score (nSPS) is 11.2. The van der Waals surface area contributed by atoms with Crippen molar-refractivity contribution in [3.63, 3.8) is 0 Å². The Hall–Kier alpha value is -3.93. The van der Waals surface area contributed by atoms with Gasteiger partial charge in [-0.3, -0.25) is 25.0 Å². The number of nitrogens with one attached hydrogen (secondary N) is 2. The van der Waals surface area contributed by atoms with Crippen LogP contribution in [-0.2, 0) is 11.3 Å². The number of carbonyl (C=O) groups is 1. The molecule has 144 valence electrons. The van der Waals surface area contributed by atoms with Crippen LogP contribution in [0.15, 0.2) is 77.6 Å². The first-order valence-corrected chi connectivity index (χ1v) is 9.39. The summed E-state index contributed by atoms with van der Waals surface area (Å²) in [7, 11) is 0. The van der Waals surface area contributed by atoms with Crippen LogP contribution in [0.25, 0.3) is 27.8 Å². The van der Waals surface area contributed by atoms with Crippen LogP contribution in [0.2, 0.25) is 0 Å². The lowest BCUT2D eigenvalue weighted by molar-refractivity contribution is -0.116. The Labute approximate surface area is 167 Å². The second-order valence-electron chi connectivity index (χ2n) is 6.52. The summed E-state index contributed by atoms with van der Waals surface area (Å²) in [6.45, 7) is 2.28. The summed E-state index contributed by atoms with van der Waals surface area (Å²) in [5, 5.41) is 2.73. The van der Waals surface area contributed by atoms with Gasteiger partial charge in [0.15, 0.2) is 0 Å². The lowest BCUT2D eigenvalue weighted by atomic mass is 10.0. The van der Waals surface area contributed by atoms with E-state index in [1.807, 2.05) is 55.5 Å². The molecule has 0 saturated heterocycles. The summed E-state index contributed by atoms with van der Waals surface area (Å²) < 4.78 is 1.48. The van der Waals surface area contributed by atoms with Gasteiger partial charge in [-0.1, -0.05) is 54.6 Å². The molecule has 0 aliphatic rings. The van der Waals surface area contributed by atoms with Crippen LogP contribution in [0, 0.1) is 0 Å². The van der Waals surface area contributed by atoms with E-state index in [-0.39, 0.29) is 11.5 Å². The van der Waals surface area contributed by atoms with Gasteiger partial charge in [0.25, 0.3) is 11.5 Å². The van der Waals surface area contributed by atoms with E-state index in [1.54, 1.807) is 24.3 Å². The second kappa shape index (κ2) is 7.98. The number of para-hydroxylation sites is 1. The average molecular weight is 384 g/mol. The molecule has 4 aromatic rings. The fourth-order valence-corrected chi connectivity index (χ4v) is 3.28. The Morgan fingerprint density at radius 2 is 1.72 bits per heavy atom. The first-order valence-electron chi connectivity index (χ1n) is 9.39. The van der Waals surface area contributed by atoms with Gasteiger partial charge in [0.05, 0.1) is 10.9 Å². The maximum Gasteiger partial charge on any atom is 0.262 e. The molecule has 4 rings (SSSR count). The molecular formula is C23H20N4O2. The molecule has 1 amide bonds. The van der Waals surface area contributed by atoms with Gasteiger partial charge in [-0.25, -0.2) is 4.98 Å². The lowest BCUT2D eigenvalue weighted by Crippen LogP contribution is -2.33. The molecule has 6 nitrogen and oxygen atoms in total. The zero-order chi connectivity index (χ0) is 20.2. The van der Waals surface area contributed by atoms with Crippen molar-refractivity contribution in [2.75, 3.05) is 5.43 Å². The highest BCUT2D eigenvalue weighted by molar-refractivity contribution is 5.97. The monoisotopic (exact) mass is 384 g/mol. The maximum absolute atomic E-state index is 12.6. The van der Waals surface area contributed by atoms with Crippen molar-refractivity contribution in [2.24, 2.45) is 0 Å². The predicted molar refractivity (Wildman–Crippen MR) is 116 cm³/mol. The minimum Gasteiger partial charge on any atom is -0.277 e. The molecule has 1 aromatic heterocycles. The van der Waals surface area contributed by atoms with E-state index in [9.17, 15) is 9.59 Å². The van der Waals surface area contributed by atoms with E-state index >= 15 is 0 Å². The SMILES string of the molecule is CCn1c(NNC(=O)/C=C/c2cccc3ccccc23)nc2ccccc2c1=O. The first-order chi connectivity index (χ1) is 14.2. The number of rotatable bonds is 5. The van der Waals surface area contributed by atoms with Crippen molar-refractivity contribution >= 4 is 39.6 Å². The first kappa shape index (κ1) is 18.4. The van der Waals surface area contributed by atoms with E-state index < -0.39 is 0 Å². The zero-order valence-electron chi connectivity index (χ0n) is 15.9.